The Hall–Kier alpha value is -2.71. The molecule has 0 aliphatic carbocycles. The number of rotatable bonds is 11. The van der Waals surface area contributed by atoms with Crippen LogP contribution in [-0.4, -0.2) is 64.1 Å². The predicted octanol–water partition coefficient (Wildman–Crippen LogP) is 2.61. The van der Waals surface area contributed by atoms with Crippen LogP contribution < -0.4 is 10.9 Å². The maximum absolute atomic E-state index is 13.8. The van der Waals surface area contributed by atoms with Crippen molar-refractivity contribution in [3.8, 4) is 0 Å². The summed E-state index contributed by atoms with van der Waals surface area (Å²) >= 11 is 0.962. The van der Waals surface area contributed by atoms with Gasteiger partial charge in [0.2, 0.25) is 15.2 Å². The van der Waals surface area contributed by atoms with Crippen LogP contribution in [0.4, 0.5) is 13.9 Å². The van der Waals surface area contributed by atoms with Crippen LogP contribution in [0.1, 0.15) is 10.4 Å². The van der Waals surface area contributed by atoms with Gasteiger partial charge in [0.1, 0.15) is 11.3 Å². The maximum atomic E-state index is 13.8. The zero-order valence-corrected chi connectivity index (χ0v) is 19.4. The number of aromatic nitrogens is 1. The van der Waals surface area contributed by atoms with Crippen molar-refractivity contribution < 1.29 is 31.5 Å². The molecule has 0 saturated carbocycles. The number of thiazole rings is 1. The summed E-state index contributed by atoms with van der Waals surface area (Å²) in [5, 5.41) is 0.161. The SMILES string of the molecule is COCCN(CCOC)S(=O)(=O)c1ccc(C(=O)NNc2nc3c(F)cc(F)cc3s2)cc1. The third kappa shape index (κ3) is 6.00. The Kier molecular flexibility index (Phi) is 8.26. The van der Waals surface area contributed by atoms with Crippen LogP contribution in [0.3, 0.4) is 0 Å². The summed E-state index contributed by atoms with van der Waals surface area (Å²) in [5.41, 5.74) is 5.12. The van der Waals surface area contributed by atoms with E-state index in [9.17, 15) is 22.0 Å². The fourth-order valence-electron chi connectivity index (χ4n) is 2.86. The van der Waals surface area contributed by atoms with Crippen molar-refractivity contribution in [1.29, 1.82) is 0 Å². The lowest BCUT2D eigenvalue weighted by Gasteiger charge is -2.21. The number of nitrogens with one attached hydrogen (secondary N) is 2. The first-order valence-electron chi connectivity index (χ1n) is 9.66. The number of carbonyl (C=O) groups excluding carboxylic acids is 1. The Balaban J connectivity index is 1.68. The quantitative estimate of drug-likeness (QED) is 0.390. The molecule has 3 rings (SSSR count). The number of hydrogen-bond donors (Lipinski definition) is 2. The molecule has 1 aromatic heterocycles. The van der Waals surface area contributed by atoms with E-state index in [2.05, 4.69) is 15.8 Å². The summed E-state index contributed by atoms with van der Waals surface area (Å²) in [4.78, 5) is 16.4. The summed E-state index contributed by atoms with van der Waals surface area (Å²) in [6, 6.07) is 7.25. The Morgan fingerprint density at radius 1 is 1.09 bits per heavy atom. The zero-order chi connectivity index (χ0) is 24.0. The molecule has 0 aliphatic heterocycles. The number of hydrazine groups is 1. The highest BCUT2D eigenvalue weighted by Crippen LogP contribution is 2.28. The summed E-state index contributed by atoms with van der Waals surface area (Å²) in [7, 11) is -0.859. The highest BCUT2D eigenvalue weighted by atomic mass is 32.2. The molecule has 0 saturated heterocycles. The summed E-state index contributed by atoms with van der Waals surface area (Å²) in [6.07, 6.45) is 0. The van der Waals surface area contributed by atoms with Crippen LogP contribution >= 0.6 is 11.3 Å². The lowest BCUT2D eigenvalue weighted by molar-refractivity contribution is 0.0962. The minimum Gasteiger partial charge on any atom is -0.383 e. The van der Waals surface area contributed by atoms with E-state index in [1.54, 1.807) is 0 Å². The van der Waals surface area contributed by atoms with Gasteiger partial charge >= 0.3 is 0 Å². The molecular formula is C20H22F2N4O5S2. The van der Waals surface area contributed by atoms with Gasteiger partial charge in [-0.25, -0.2) is 22.2 Å². The molecule has 33 heavy (non-hydrogen) atoms. The first-order chi connectivity index (χ1) is 15.8. The summed E-state index contributed by atoms with van der Waals surface area (Å²) in [6.45, 7) is 0.747. The van der Waals surface area contributed by atoms with E-state index in [1.807, 2.05) is 0 Å². The third-order valence-electron chi connectivity index (χ3n) is 4.54. The first kappa shape index (κ1) is 24.9. The van der Waals surface area contributed by atoms with E-state index in [0.29, 0.717) is 0 Å². The Bertz CT molecular complexity index is 1210. The number of anilines is 1. The number of halogens is 2. The van der Waals surface area contributed by atoms with Gasteiger partial charge in [0, 0.05) is 38.9 Å². The van der Waals surface area contributed by atoms with Gasteiger partial charge < -0.3 is 9.47 Å². The van der Waals surface area contributed by atoms with Gasteiger partial charge in [0.15, 0.2) is 5.82 Å². The van der Waals surface area contributed by atoms with Crippen molar-refractivity contribution in [2.24, 2.45) is 0 Å². The van der Waals surface area contributed by atoms with Crippen molar-refractivity contribution in [2.45, 2.75) is 4.90 Å². The topological polar surface area (TPSA) is 110 Å². The van der Waals surface area contributed by atoms with E-state index < -0.39 is 27.6 Å². The Labute approximate surface area is 193 Å². The number of fused-ring (bicyclic) bond motifs is 1. The van der Waals surface area contributed by atoms with Gasteiger partial charge in [-0.15, -0.1) is 0 Å². The van der Waals surface area contributed by atoms with E-state index >= 15 is 0 Å². The molecular weight excluding hydrogens is 478 g/mol. The second-order valence-corrected chi connectivity index (χ2v) is 9.72. The molecule has 0 fully saturated rings. The smallest absolute Gasteiger partial charge is 0.269 e. The number of carbonyl (C=O) groups is 1. The fourth-order valence-corrected chi connectivity index (χ4v) is 5.13. The third-order valence-corrected chi connectivity index (χ3v) is 7.37. The van der Waals surface area contributed by atoms with Crippen LogP contribution in [0.25, 0.3) is 10.2 Å². The van der Waals surface area contributed by atoms with Crippen LogP contribution in [0, 0.1) is 11.6 Å². The predicted molar refractivity (Wildman–Crippen MR) is 120 cm³/mol. The number of methoxy groups -OCH3 is 2. The number of sulfonamides is 1. The number of hydrogen-bond acceptors (Lipinski definition) is 8. The van der Waals surface area contributed by atoms with Crippen molar-refractivity contribution in [1.82, 2.24) is 14.7 Å². The average Bonchev–Trinajstić information content (AvgIpc) is 3.20. The standard InChI is InChI=1S/C20H22F2N4O5S2/c1-30-9-7-26(8-10-31-2)33(28,29)15-5-3-13(4-6-15)19(27)24-25-20-23-18-16(22)11-14(21)12-17(18)32-20/h3-6,11-12H,7-10H2,1-2H3,(H,23,25)(H,24,27). The monoisotopic (exact) mass is 500 g/mol. The lowest BCUT2D eigenvalue weighted by atomic mass is 10.2. The minimum atomic E-state index is -3.81. The van der Waals surface area contributed by atoms with E-state index in [-0.39, 0.29) is 52.1 Å². The maximum Gasteiger partial charge on any atom is 0.269 e. The van der Waals surface area contributed by atoms with Gasteiger partial charge in [-0.2, -0.15) is 4.31 Å². The molecule has 1 amide bonds. The van der Waals surface area contributed by atoms with E-state index in [1.165, 1.54) is 42.8 Å². The van der Waals surface area contributed by atoms with Crippen molar-refractivity contribution in [3.63, 3.8) is 0 Å². The first-order valence-corrected chi connectivity index (χ1v) is 11.9. The van der Waals surface area contributed by atoms with Gasteiger partial charge in [-0.1, -0.05) is 11.3 Å². The minimum absolute atomic E-state index is 0.0146. The van der Waals surface area contributed by atoms with Crippen molar-refractivity contribution >= 4 is 42.6 Å². The van der Waals surface area contributed by atoms with Gasteiger partial charge in [0.05, 0.1) is 22.8 Å². The van der Waals surface area contributed by atoms with Gasteiger partial charge in [-0.3, -0.25) is 15.6 Å². The normalized spacial score (nSPS) is 11.8. The van der Waals surface area contributed by atoms with Gasteiger partial charge in [-0.05, 0) is 30.3 Å². The highest BCUT2D eigenvalue weighted by molar-refractivity contribution is 7.89. The number of amides is 1. The summed E-state index contributed by atoms with van der Waals surface area (Å²) in [5.74, 6) is -2.10. The molecule has 0 aliphatic rings. The molecule has 0 atom stereocenters. The molecule has 9 nitrogen and oxygen atoms in total. The van der Waals surface area contributed by atoms with Crippen LogP contribution in [0.2, 0.25) is 0 Å². The molecule has 178 valence electrons. The Morgan fingerprint density at radius 3 is 2.33 bits per heavy atom. The van der Waals surface area contributed by atoms with Crippen molar-refractivity contribution in [3.05, 3.63) is 53.6 Å². The summed E-state index contributed by atoms with van der Waals surface area (Å²) < 4.78 is 64.4. The number of ether oxygens (including phenoxy) is 2. The average molecular weight is 501 g/mol. The number of benzene rings is 2. The molecule has 0 spiro atoms. The van der Waals surface area contributed by atoms with Gasteiger partial charge in [0.25, 0.3) is 5.91 Å². The molecule has 0 bridgehead atoms. The second kappa shape index (κ2) is 10.9. The van der Waals surface area contributed by atoms with E-state index in [4.69, 9.17) is 9.47 Å². The Morgan fingerprint density at radius 2 is 1.73 bits per heavy atom. The highest BCUT2D eigenvalue weighted by Gasteiger charge is 2.24. The number of nitrogens with zero attached hydrogens (tertiary/aromatic N) is 2. The largest absolute Gasteiger partial charge is 0.383 e. The molecule has 2 aromatic carbocycles. The molecule has 2 N–H and O–H groups in total. The molecule has 1 heterocycles. The van der Waals surface area contributed by atoms with Crippen molar-refractivity contribution in [2.75, 3.05) is 45.9 Å². The van der Waals surface area contributed by atoms with Crippen LogP contribution in [0.15, 0.2) is 41.3 Å². The lowest BCUT2D eigenvalue weighted by Crippen LogP contribution is -2.36. The molecule has 0 unspecified atom stereocenters. The fraction of sp³-hybridized carbons (Fsp3) is 0.300. The molecule has 13 heteroatoms. The second-order valence-electron chi connectivity index (χ2n) is 6.75. The van der Waals surface area contributed by atoms with Crippen LogP contribution in [-0.2, 0) is 19.5 Å². The molecule has 3 aromatic rings. The van der Waals surface area contributed by atoms with Crippen LogP contribution in [0.5, 0.6) is 0 Å². The zero-order valence-electron chi connectivity index (χ0n) is 17.8. The van der Waals surface area contributed by atoms with E-state index in [0.717, 1.165) is 23.5 Å². The molecule has 0 radical (unpaired) electrons.